The van der Waals surface area contributed by atoms with Crippen molar-refractivity contribution >= 4 is 12.1 Å². The van der Waals surface area contributed by atoms with E-state index in [-0.39, 0.29) is 18.2 Å². The van der Waals surface area contributed by atoms with E-state index in [0.29, 0.717) is 18.8 Å². The van der Waals surface area contributed by atoms with Crippen LogP contribution in [-0.4, -0.2) is 49.4 Å². The maximum absolute atomic E-state index is 12.1. The van der Waals surface area contributed by atoms with E-state index in [4.69, 9.17) is 14.2 Å². The average Bonchev–Trinajstić information content (AvgIpc) is 2.57. The summed E-state index contributed by atoms with van der Waals surface area (Å²) < 4.78 is 20.7. The zero-order valence-corrected chi connectivity index (χ0v) is 18.3. The molecule has 2 rings (SSSR count). The van der Waals surface area contributed by atoms with Gasteiger partial charge in [-0.05, 0) is 64.3 Å². The van der Waals surface area contributed by atoms with Crippen LogP contribution in [0.3, 0.4) is 0 Å². The highest BCUT2D eigenvalue weighted by molar-refractivity contribution is 5.69. The molecule has 1 amide bonds. The number of nitrogens with zero attached hydrogens (tertiary/aromatic N) is 1. The van der Waals surface area contributed by atoms with Crippen molar-refractivity contribution in [2.24, 2.45) is 0 Å². The average molecular weight is 395 g/mol. The lowest BCUT2D eigenvalue weighted by molar-refractivity contribution is -0.144. The predicted octanol–water partition coefficient (Wildman–Crippen LogP) is 3.95. The fourth-order valence-electron chi connectivity index (χ4n) is 2.70. The predicted molar refractivity (Wildman–Crippen MR) is 107 cm³/mol. The van der Waals surface area contributed by atoms with Crippen LogP contribution in [0.4, 0.5) is 4.79 Å². The van der Waals surface area contributed by atoms with E-state index >= 15 is 0 Å². The molecule has 158 valence electrons. The van der Waals surface area contributed by atoms with Crippen molar-refractivity contribution < 1.29 is 28.5 Å². The number of hydrogen-bond donors (Lipinski definition) is 0. The van der Waals surface area contributed by atoms with Gasteiger partial charge in [-0.15, -0.1) is 0 Å². The summed E-state index contributed by atoms with van der Waals surface area (Å²) in [5, 5.41) is 0. The molecule has 0 aliphatic carbocycles. The van der Waals surface area contributed by atoms with E-state index in [0.717, 1.165) is 17.7 Å². The number of hydrogen-bond acceptors (Lipinski definition) is 6. The fraction of sp³-hybridized carbons (Fsp3) is 0.619. The summed E-state index contributed by atoms with van der Waals surface area (Å²) >= 11 is 0. The summed E-state index contributed by atoms with van der Waals surface area (Å²) in [5.41, 5.74) is 1.78. The summed E-state index contributed by atoms with van der Waals surface area (Å²) in [4.78, 5) is 23.9. The molecule has 0 atom stereocenters. The third-order valence-corrected chi connectivity index (χ3v) is 3.77. The molecule has 0 radical (unpaired) electrons. The Morgan fingerprint density at radius 3 is 1.96 bits per heavy atom. The van der Waals surface area contributed by atoms with Crippen LogP contribution in [0.25, 0.3) is 0 Å². The normalized spacial score (nSPS) is 13.1. The zero-order valence-electron chi connectivity index (χ0n) is 18.3. The number of rotatable bonds is 3. The van der Waals surface area contributed by atoms with Crippen LogP contribution in [0.2, 0.25) is 0 Å². The van der Waals surface area contributed by atoms with Gasteiger partial charge >= 0.3 is 12.1 Å². The molecule has 28 heavy (non-hydrogen) atoms. The largest absolute Gasteiger partial charge is 0.493 e. The zero-order chi connectivity index (χ0) is 21.5. The monoisotopic (exact) mass is 395 g/mol. The topological polar surface area (TPSA) is 74.3 Å². The van der Waals surface area contributed by atoms with Crippen LogP contribution in [0.5, 0.6) is 11.5 Å². The lowest BCUT2D eigenvalue weighted by atomic mass is 9.99. The van der Waals surface area contributed by atoms with Crippen molar-refractivity contribution in [3.8, 4) is 11.5 Å². The molecule has 0 aromatic heterocycles. The molecular weight excluding hydrogens is 362 g/mol. The Kier molecular flexibility index (Phi) is 8.60. The van der Waals surface area contributed by atoms with E-state index < -0.39 is 5.60 Å². The first kappa shape index (κ1) is 23.6. The minimum Gasteiger partial charge on any atom is -0.493 e. The van der Waals surface area contributed by atoms with Crippen molar-refractivity contribution in [1.82, 2.24) is 4.90 Å². The van der Waals surface area contributed by atoms with Gasteiger partial charge in [0.1, 0.15) is 5.60 Å². The van der Waals surface area contributed by atoms with Gasteiger partial charge in [0.15, 0.2) is 11.5 Å². The first-order valence-electron chi connectivity index (χ1n) is 9.35. The van der Waals surface area contributed by atoms with Gasteiger partial charge in [-0.2, -0.15) is 0 Å². The van der Waals surface area contributed by atoms with Crippen molar-refractivity contribution in [3.63, 3.8) is 0 Å². The highest BCUT2D eigenvalue weighted by Gasteiger charge is 2.26. The lowest BCUT2D eigenvalue weighted by Gasteiger charge is -2.31. The summed E-state index contributed by atoms with van der Waals surface area (Å²) in [6, 6.07) is 3.92. The Hall–Kier alpha value is -2.44. The van der Waals surface area contributed by atoms with Crippen molar-refractivity contribution in [2.75, 3.05) is 20.8 Å². The smallest absolute Gasteiger partial charge is 0.410 e. The number of amides is 1. The van der Waals surface area contributed by atoms with E-state index in [1.807, 2.05) is 46.8 Å². The Morgan fingerprint density at radius 2 is 1.57 bits per heavy atom. The SMILES string of the molecule is CC(=O)OC(C)C.COc1cc2c(cc1OC)CN(C(=O)OC(C)(C)C)CC2. The molecule has 0 unspecified atom stereocenters. The number of benzene rings is 1. The first-order chi connectivity index (χ1) is 13.0. The molecule has 0 saturated heterocycles. The van der Waals surface area contributed by atoms with Gasteiger partial charge < -0.3 is 23.8 Å². The van der Waals surface area contributed by atoms with Crippen LogP contribution in [0.15, 0.2) is 12.1 Å². The Balaban J connectivity index is 0.000000480. The summed E-state index contributed by atoms with van der Waals surface area (Å²) in [5.74, 6) is 1.19. The number of esters is 1. The molecule has 7 nitrogen and oxygen atoms in total. The second-order valence-electron chi connectivity index (χ2n) is 7.79. The third-order valence-electron chi connectivity index (χ3n) is 3.77. The van der Waals surface area contributed by atoms with Crippen LogP contribution in [0.1, 0.15) is 52.7 Å². The quantitative estimate of drug-likeness (QED) is 0.722. The van der Waals surface area contributed by atoms with E-state index in [2.05, 4.69) is 4.74 Å². The second kappa shape index (κ2) is 10.2. The first-order valence-corrected chi connectivity index (χ1v) is 9.35. The Bertz CT molecular complexity index is 678. The molecular formula is C21H33NO6. The molecule has 0 spiro atoms. The highest BCUT2D eigenvalue weighted by Crippen LogP contribution is 2.33. The third kappa shape index (κ3) is 7.66. The molecule has 1 aliphatic heterocycles. The number of carbonyl (C=O) groups excluding carboxylic acids is 2. The van der Waals surface area contributed by atoms with Crippen molar-refractivity contribution in [2.45, 2.75) is 66.2 Å². The lowest BCUT2D eigenvalue weighted by Crippen LogP contribution is -2.39. The molecule has 0 saturated carbocycles. The minimum atomic E-state index is -0.477. The van der Waals surface area contributed by atoms with E-state index in [1.165, 1.54) is 12.5 Å². The molecule has 1 aromatic carbocycles. The van der Waals surface area contributed by atoms with Gasteiger partial charge in [0.05, 0.1) is 20.3 Å². The van der Waals surface area contributed by atoms with Crippen LogP contribution in [-0.2, 0) is 27.2 Å². The summed E-state index contributed by atoms with van der Waals surface area (Å²) in [6.45, 7) is 11.8. The summed E-state index contributed by atoms with van der Waals surface area (Å²) in [7, 11) is 3.23. The minimum absolute atomic E-state index is 0.0255. The van der Waals surface area contributed by atoms with Gasteiger partial charge in [0.25, 0.3) is 0 Å². The molecule has 0 bridgehead atoms. The number of ether oxygens (including phenoxy) is 4. The number of fused-ring (bicyclic) bond motifs is 1. The molecule has 7 heteroatoms. The van der Waals surface area contributed by atoms with Crippen LogP contribution < -0.4 is 9.47 Å². The van der Waals surface area contributed by atoms with Crippen molar-refractivity contribution in [1.29, 1.82) is 0 Å². The molecule has 0 fully saturated rings. The maximum Gasteiger partial charge on any atom is 0.410 e. The molecule has 1 aliphatic rings. The van der Waals surface area contributed by atoms with Crippen LogP contribution >= 0.6 is 0 Å². The molecule has 1 heterocycles. The van der Waals surface area contributed by atoms with Crippen molar-refractivity contribution in [3.05, 3.63) is 23.3 Å². The van der Waals surface area contributed by atoms with E-state index in [9.17, 15) is 9.59 Å². The van der Waals surface area contributed by atoms with Gasteiger partial charge in [0.2, 0.25) is 0 Å². The summed E-state index contributed by atoms with van der Waals surface area (Å²) in [6.07, 6.45) is 0.537. The van der Waals surface area contributed by atoms with E-state index in [1.54, 1.807) is 19.1 Å². The molecule has 0 N–H and O–H groups in total. The number of carbonyl (C=O) groups is 2. The van der Waals surface area contributed by atoms with Crippen LogP contribution in [0, 0.1) is 0 Å². The fourth-order valence-corrected chi connectivity index (χ4v) is 2.70. The van der Waals surface area contributed by atoms with Gasteiger partial charge in [-0.25, -0.2) is 4.79 Å². The van der Waals surface area contributed by atoms with Gasteiger partial charge in [-0.1, -0.05) is 0 Å². The second-order valence-corrected chi connectivity index (χ2v) is 7.79. The Morgan fingerprint density at radius 1 is 1.04 bits per heavy atom. The van der Waals surface area contributed by atoms with Gasteiger partial charge in [0, 0.05) is 20.0 Å². The standard InChI is InChI=1S/C16H23NO4.C5H10O2/c1-16(2,3)21-15(18)17-7-6-11-8-13(19-4)14(20-5)9-12(11)10-17;1-4(2)7-5(3)6/h8-9H,6-7,10H2,1-5H3;4H,1-3H3. The highest BCUT2D eigenvalue weighted by atomic mass is 16.6. The number of methoxy groups -OCH3 is 2. The maximum atomic E-state index is 12.1. The molecule has 1 aromatic rings. The Labute approximate surface area is 167 Å². The van der Waals surface area contributed by atoms with Gasteiger partial charge in [-0.3, -0.25) is 4.79 Å².